The summed E-state index contributed by atoms with van der Waals surface area (Å²) in [5, 5.41) is 0. The average Bonchev–Trinajstić information content (AvgIpc) is 2.63. The summed E-state index contributed by atoms with van der Waals surface area (Å²) in [5.41, 5.74) is 2.73. The number of aromatic nitrogens is 2. The van der Waals surface area contributed by atoms with Gasteiger partial charge in [-0.25, -0.2) is 9.98 Å². The Morgan fingerprint density at radius 2 is 1.68 bits per heavy atom. The first-order chi connectivity index (χ1) is 12.0. The largest absolute Gasteiger partial charge is 0.483 e. The molecule has 2 aromatic rings. The number of rotatable bonds is 3. The lowest BCUT2D eigenvalue weighted by molar-refractivity contribution is 0.333. The van der Waals surface area contributed by atoms with E-state index in [-0.39, 0.29) is 18.0 Å². The summed E-state index contributed by atoms with van der Waals surface area (Å²) in [7, 11) is 3.27. The highest BCUT2D eigenvalue weighted by Crippen LogP contribution is 2.26. The molecule has 3 rings (SSSR count). The van der Waals surface area contributed by atoms with Crippen molar-refractivity contribution in [2.24, 2.45) is 15.9 Å². The van der Waals surface area contributed by atoms with Gasteiger partial charge in [0, 0.05) is 23.3 Å². The van der Waals surface area contributed by atoms with Gasteiger partial charge in [-0.2, -0.15) is 0 Å². The lowest BCUT2D eigenvalue weighted by atomic mass is 10.00. The molecule has 1 aliphatic rings. The zero-order chi connectivity index (χ0) is 18.0. The van der Waals surface area contributed by atoms with E-state index in [1.807, 2.05) is 12.1 Å². The quantitative estimate of drug-likeness (QED) is 0.785. The molecule has 25 heavy (non-hydrogen) atoms. The molecule has 2 atom stereocenters. The van der Waals surface area contributed by atoms with Crippen LogP contribution in [0, 0.1) is 5.92 Å². The lowest BCUT2D eigenvalue weighted by Gasteiger charge is -2.27. The minimum Gasteiger partial charge on any atom is -0.483 e. The van der Waals surface area contributed by atoms with E-state index in [1.54, 1.807) is 26.6 Å². The second kappa shape index (κ2) is 7.47. The number of nitrogens with zero attached hydrogens (tertiary/aromatic N) is 4. The number of hydrogen-bond donors (Lipinski definition) is 0. The van der Waals surface area contributed by atoms with Gasteiger partial charge in [-0.1, -0.05) is 19.9 Å². The number of fused-ring (bicyclic) bond motifs is 1. The molecule has 7 heteroatoms. The Morgan fingerprint density at radius 3 is 2.32 bits per heavy atom. The number of methoxy groups -OCH3 is 2. The molecule has 1 aromatic carbocycles. The highest BCUT2D eigenvalue weighted by atomic mass is 79.9. The van der Waals surface area contributed by atoms with E-state index in [0.717, 1.165) is 21.1 Å². The van der Waals surface area contributed by atoms with E-state index in [9.17, 15) is 0 Å². The minimum absolute atomic E-state index is 0.113. The molecule has 0 spiro atoms. The molecule has 132 valence electrons. The number of benzene rings is 1. The van der Waals surface area contributed by atoms with E-state index in [4.69, 9.17) is 19.5 Å². The SMILES string of the molecule is COC1=N[C@@H](Cc2ccc(Br)c3nccnc23)C(OC)=NC1C(C)C. The van der Waals surface area contributed by atoms with Crippen molar-refractivity contribution in [3.05, 3.63) is 34.6 Å². The number of hydrogen-bond acceptors (Lipinski definition) is 6. The smallest absolute Gasteiger partial charge is 0.209 e. The molecule has 0 N–H and O–H groups in total. The van der Waals surface area contributed by atoms with Crippen molar-refractivity contribution in [1.82, 2.24) is 9.97 Å². The minimum atomic E-state index is -0.235. The van der Waals surface area contributed by atoms with E-state index >= 15 is 0 Å². The monoisotopic (exact) mass is 404 g/mol. The Balaban J connectivity index is 1.98. The van der Waals surface area contributed by atoms with Crippen LogP contribution in [-0.2, 0) is 15.9 Å². The summed E-state index contributed by atoms with van der Waals surface area (Å²) >= 11 is 3.53. The van der Waals surface area contributed by atoms with E-state index < -0.39 is 0 Å². The maximum absolute atomic E-state index is 5.53. The number of aliphatic imine (C=N–C) groups is 2. The Morgan fingerprint density at radius 1 is 1.00 bits per heavy atom. The first-order valence-corrected chi connectivity index (χ1v) is 8.96. The molecule has 1 aromatic heterocycles. The van der Waals surface area contributed by atoms with Gasteiger partial charge in [-0.3, -0.25) is 9.97 Å². The van der Waals surface area contributed by atoms with Gasteiger partial charge in [0.15, 0.2) is 0 Å². The fraction of sp³-hybridized carbons (Fsp3) is 0.444. The molecule has 0 bridgehead atoms. The second-order valence-electron chi connectivity index (χ2n) is 6.21. The molecule has 1 aliphatic heterocycles. The molecule has 0 aliphatic carbocycles. The Kier molecular flexibility index (Phi) is 5.32. The van der Waals surface area contributed by atoms with Gasteiger partial charge >= 0.3 is 0 Å². The lowest BCUT2D eigenvalue weighted by Crippen LogP contribution is -2.38. The van der Waals surface area contributed by atoms with Gasteiger partial charge in [-0.05, 0) is 33.5 Å². The van der Waals surface area contributed by atoms with E-state index in [1.165, 1.54) is 0 Å². The molecule has 0 saturated carbocycles. The zero-order valence-corrected chi connectivity index (χ0v) is 16.3. The Labute approximate surface area is 155 Å². The molecule has 1 unspecified atom stereocenters. The van der Waals surface area contributed by atoms with E-state index in [2.05, 4.69) is 39.7 Å². The van der Waals surface area contributed by atoms with Crippen molar-refractivity contribution in [3.63, 3.8) is 0 Å². The van der Waals surface area contributed by atoms with Crippen molar-refractivity contribution >= 4 is 38.8 Å². The van der Waals surface area contributed by atoms with Crippen LogP contribution in [0.15, 0.2) is 39.0 Å². The third-order valence-electron chi connectivity index (χ3n) is 4.21. The maximum atomic E-state index is 5.53. The van der Waals surface area contributed by atoms with Crippen LogP contribution in [0.25, 0.3) is 11.0 Å². The van der Waals surface area contributed by atoms with Crippen LogP contribution in [-0.4, -0.2) is 48.1 Å². The third-order valence-corrected chi connectivity index (χ3v) is 4.85. The highest BCUT2D eigenvalue weighted by Gasteiger charge is 2.31. The normalized spacial score (nSPS) is 20.4. The third kappa shape index (κ3) is 3.51. The zero-order valence-electron chi connectivity index (χ0n) is 14.7. The Hall–Kier alpha value is -2.02. The fourth-order valence-corrected chi connectivity index (χ4v) is 3.37. The van der Waals surface area contributed by atoms with Crippen molar-refractivity contribution < 1.29 is 9.47 Å². The van der Waals surface area contributed by atoms with Crippen LogP contribution in [0.5, 0.6) is 0 Å². The van der Waals surface area contributed by atoms with Gasteiger partial charge in [0.2, 0.25) is 11.8 Å². The summed E-state index contributed by atoms with van der Waals surface area (Å²) in [4.78, 5) is 18.4. The van der Waals surface area contributed by atoms with Crippen molar-refractivity contribution in [2.75, 3.05) is 14.2 Å². The standard InChI is InChI=1S/C18H21BrN4O2/c1-10(2)14-18(25-4)22-13(17(23-14)24-3)9-11-5-6-12(19)16-15(11)20-7-8-21-16/h5-8,10,13-14H,9H2,1-4H3/t13-,14?/m0/s1. The molecule has 6 nitrogen and oxygen atoms in total. The molecular formula is C18H21BrN4O2. The second-order valence-corrected chi connectivity index (χ2v) is 7.07. The first kappa shape index (κ1) is 17.8. The molecule has 2 heterocycles. The molecule has 0 fully saturated rings. The first-order valence-electron chi connectivity index (χ1n) is 8.16. The van der Waals surface area contributed by atoms with Gasteiger partial charge in [0.05, 0.1) is 19.7 Å². The van der Waals surface area contributed by atoms with Gasteiger partial charge in [0.25, 0.3) is 0 Å². The summed E-state index contributed by atoms with van der Waals surface area (Å²) in [6.07, 6.45) is 4.00. The van der Waals surface area contributed by atoms with Crippen molar-refractivity contribution in [1.29, 1.82) is 0 Å². The topological polar surface area (TPSA) is 69.0 Å². The van der Waals surface area contributed by atoms with Crippen LogP contribution in [0.1, 0.15) is 19.4 Å². The van der Waals surface area contributed by atoms with Crippen LogP contribution < -0.4 is 0 Å². The highest BCUT2D eigenvalue weighted by molar-refractivity contribution is 9.10. The van der Waals surface area contributed by atoms with Gasteiger partial charge in [-0.15, -0.1) is 0 Å². The predicted octanol–water partition coefficient (Wildman–Crippen LogP) is 3.43. The molecule has 0 saturated heterocycles. The number of ether oxygens (including phenoxy) is 2. The fourth-order valence-electron chi connectivity index (χ4n) is 2.95. The molecule has 0 amide bonds. The summed E-state index contributed by atoms with van der Waals surface area (Å²) in [6.45, 7) is 4.18. The molecular weight excluding hydrogens is 384 g/mol. The molecule has 0 radical (unpaired) electrons. The van der Waals surface area contributed by atoms with Crippen LogP contribution in [0.3, 0.4) is 0 Å². The van der Waals surface area contributed by atoms with E-state index in [0.29, 0.717) is 18.2 Å². The van der Waals surface area contributed by atoms with Crippen LogP contribution in [0.2, 0.25) is 0 Å². The summed E-state index contributed by atoms with van der Waals surface area (Å²) < 4.78 is 11.9. The maximum Gasteiger partial charge on any atom is 0.209 e. The van der Waals surface area contributed by atoms with Crippen LogP contribution in [0.4, 0.5) is 0 Å². The summed E-state index contributed by atoms with van der Waals surface area (Å²) in [6, 6.07) is 3.67. The average molecular weight is 405 g/mol. The Bertz CT molecular complexity index is 835. The van der Waals surface area contributed by atoms with Crippen molar-refractivity contribution in [3.8, 4) is 0 Å². The summed E-state index contributed by atoms with van der Waals surface area (Å²) in [5.74, 6) is 1.55. The van der Waals surface area contributed by atoms with Crippen LogP contribution >= 0.6 is 15.9 Å². The number of halogens is 1. The predicted molar refractivity (Wildman–Crippen MR) is 102 cm³/mol. The van der Waals surface area contributed by atoms with Crippen molar-refractivity contribution in [2.45, 2.75) is 32.4 Å². The van der Waals surface area contributed by atoms with Gasteiger partial charge < -0.3 is 9.47 Å². The van der Waals surface area contributed by atoms with Gasteiger partial charge in [0.1, 0.15) is 17.6 Å².